The monoisotopic (exact) mass is 357 g/mol. The summed E-state index contributed by atoms with van der Waals surface area (Å²) in [6.07, 6.45) is -3.02. The number of nitrogens with zero attached hydrogens (tertiary/aromatic N) is 2. The summed E-state index contributed by atoms with van der Waals surface area (Å²) in [5.74, 6) is -1.38. The summed E-state index contributed by atoms with van der Waals surface area (Å²) in [5.41, 5.74) is -0.303. The van der Waals surface area contributed by atoms with E-state index in [2.05, 4.69) is 10.1 Å². The number of aryl methyl sites for hydroxylation is 1. The van der Waals surface area contributed by atoms with Crippen LogP contribution < -0.4 is 5.56 Å². The predicted molar refractivity (Wildman–Crippen MR) is 82.7 cm³/mol. The van der Waals surface area contributed by atoms with Crippen LogP contribution in [0.3, 0.4) is 0 Å². The summed E-state index contributed by atoms with van der Waals surface area (Å²) in [6.45, 7) is 1.69. The fourth-order valence-corrected chi connectivity index (χ4v) is 3.02. The molecule has 24 heavy (non-hydrogen) atoms. The molecule has 126 valence electrons. The summed E-state index contributed by atoms with van der Waals surface area (Å²) >= 11 is 1.25. The average molecular weight is 357 g/mol. The number of H-pyrrole nitrogens is 1. The second-order valence-electron chi connectivity index (χ2n) is 5.09. The molecule has 1 aromatic carbocycles. The molecule has 0 atom stereocenters. The molecule has 0 fully saturated rings. The number of rotatable bonds is 2. The van der Waals surface area contributed by atoms with E-state index in [4.69, 9.17) is 0 Å². The van der Waals surface area contributed by atoms with E-state index in [1.165, 1.54) is 22.3 Å². The van der Waals surface area contributed by atoms with E-state index < -0.39 is 17.6 Å². The summed E-state index contributed by atoms with van der Waals surface area (Å²) in [4.78, 5) is 17.1. The number of nitrogens with one attached hydrogen (secondary N) is 1. The third kappa shape index (κ3) is 2.68. The van der Waals surface area contributed by atoms with Crippen LogP contribution in [-0.4, -0.2) is 20.9 Å². The smallest absolute Gasteiger partial charge is 0.289 e. The Balaban J connectivity index is 2.16. The Kier molecular flexibility index (Phi) is 3.90. The lowest BCUT2D eigenvalue weighted by atomic mass is 10.1. The minimum absolute atomic E-state index is 0.189. The molecule has 0 unspecified atom stereocenters. The maximum absolute atomic E-state index is 13.7. The lowest BCUT2D eigenvalue weighted by molar-refractivity contribution is -0.139. The van der Waals surface area contributed by atoms with Gasteiger partial charge in [-0.3, -0.25) is 9.89 Å². The van der Waals surface area contributed by atoms with Gasteiger partial charge in [0.05, 0.1) is 21.8 Å². The van der Waals surface area contributed by atoms with E-state index in [0.717, 1.165) is 12.1 Å². The molecule has 2 aromatic heterocycles. The Morgan fingerprint density at radius 1 is 1.25 bits per heavy atom. The highest BCUT2D eigenvalue weighted by atomic mass is 32.2. The number of hydrogen-bond acceptors (Lipinski definition) is 3. The summed E-state index contributed by atoms with van der Waals surface area (Å²) < 4.78 is 52.8. The van der Waals surface area contributed by atoms with Crippen molar-refractivity contribution in [3.8, 4) is 11.3 Å². The second-order valence-corrected chi connectivity index (χ2v) is 5.91. The van der Waals surface area contributed by atoms with Gasteiger partial charge in [-0.25, -0.2) is 13.9 Å². The minimum atomic E-state index is -4.76. The van der Waals surface area contributed by atoms with Crippen LogP contribution in [0, 0.1) is 12.7 Å². The van der Waals surface area contributed by atoms with Crippen molar-refractivity contribution in [2.45, 2.75) is 18.0 Å². The molecular weight excluding hydrogens is 346 g/mol. The molecule has 9 heteroatoms. The van der Waals surface area contributed by atoms with E-state index in [1.54, 1.807) is 13.2 Å². The molecule has 0 radical (unpaired) electrons. The minimum Gasteiger partial charge on any atom is -0.289 e. The fourth-order valence-electron chi connectivity index (χ4n) is 2.42. The SMILES string of the molecule is CSc1c(C)nc2cc(-c3ccc(C(F)(F)F)c(F)c3)[nH]n2c1=O. The second kappa shape index (κ2) is 5.66. The van der Waals surface area contributed by atoms with Crippen LogP contribution in [0.25, 0.3) is 16.9 Å². The number of halogens is 4. The molecule has 0 saturated heterocycles. The van der Waals surface area contributed by atoms with Gasteiger partial charge in [-0.2, -0.15) is 13.2 Å². The molecule has 3 rings (SSSR count). The number of aromatic amines is 1. The van der Waals surface area contributed by atoms with E-state index in [1.807, 2.05) is 0 Å². The van der Waals surface area contributed by atoms with Gasteiger partial charge in [0.15, 0.2) is 5.65 Å². The molecule has 0 bridgehead atoms. The zero-order valence-electron chi connectivity index (χ0n) is 12.5. The third-order valence-corrected chi connectivity index (χ3v) is 4.41. The Hall–Kier alpha value is -2.29. The molecule has 4 nitrogen and oxygen atoms in total. The standard InChI is InChI=1S/C15H11F4N3OS/c1-7-13(24-2)14(23)22-12(20-7)6-11(21-22)8-3-4-9(10(16)5-8)15(17,18)19/h3-6,21H,1-2H3. The van der Waals surface area contributed by atoms with E-state index >= 15 is 0 Å². The van der Waals surface area contributed by atoms with Gasteiger partial charge in [-0.05, 0) is 25.3 Å². The van der Waals surface area contributed by atoms with Crippen LogP contribution >= 0.6 is 11.8 Å². The largest absolute Gasteiger partial charge is 0.419 e. The average Bonchev–Trinajstić information content (AvgIpc) is 2.90. The van der Waals surface area contributed by atoms with Crippen LogP contribution in [0.5, 0.6) is 0 Å². The van der Waals surface area contributed by atoms with Gasteiger partial charge in [-0.1, -0.05) is 6.07 Å². The Bertz CT molecular complexity index is 991. The number of alkyl halides is 3. The lowest BCUT2D eigenvalue weighted by Crippen LogP contribution is -2.18. The predicted octanol–water partition coefficient (Wildman–Crippen LogP) is 3.88. The van der Waals surface area contributed by atoms with Crippen molar-refractivity contribution in [2.24, 2.45) is 0 Å². The van der Waals surface area contributed by atoms with Crippen LogP contribution in [-0.2, 0) is 6.18 Å². The molecule has 0 aliphatic rings. The van der Waals surface area contributed by atoms with Gasteiger partial charge in [0.2, 0.25) is 0 Å². The van der Waals surface area contributed by atoms with Crippen molar-refractivity contribution in [1.82, 2.24) is 14.6 Å². The van der Waals surface area contributed by atoms with Crippen molar-refractivity contribution in [1.29, 1.82) is 0 Å². The summed E-state index contributed by atoms with van der Waals surface area (Å²) in [6, 6.07) is 4.08. The molecular formula is C15H11F4N3OS. The Morgan fingerprint density at radius 2 is 1.96 bits per heavy atom. The number of aromatic nitrogens is 3. The zero-order valence-corrected chi connectivity index (χ0v) is 13.3. The van der Waals surface area contributed by atoms with Crippen molar-refractivity contribution in [2.75, 3.05) is 6.26 Å². The molecule has 0 aliphatic carbocycles. The Morgan fingerprint density at radius 3 is 2.54 bits per heavy atom. The van der Waals surface area contributed by atoms with E-state index in [9.17, 15) is 22.4 Å². The highest BCUT2D eigenvalue weighted by Gasteiger charge is 2.34. The third-order valence-electron chi connectivity index (χ3n) is 3.53. The zero-order chi connectivity index (χ0) is 17.6. The fraction of sp³-hybridized carbons (Fsp3) is 0.200. The van der Waals surface area contributed by atoms with E-state index in [0.29, 0.717) is 28.0 Å². The van der Waals surface area contributed by atoms with Crippen LogP contribution in [0.1, 0.15) is 11.3 Å². The van der Waals surface area contributed by atoms with E-state index in [-0.39, 0.29) is 11.1 Å². The Labute approximate surface area is 137 Å². The topological polar surface area (TPSA) is 50.2 Å². The van der Waals surface area contributed by atoms with Crippen LogP contribution in [0.15, 0.2) is 34.0 Å². The van der Waals surface area contributed by atoms with Gasteiger partial charge >= 0.3 is 6.18 Å². The number of fused-ring (bicyclic) bond motifs is 1. The molecule has 0 spiro atoms. The van der Waals surface area contributed by atoms with Crippen molar-refractivity contribution >= 4 is 17.4 Å². The molecule has 2 heterocycles. The van der Waals surface area contributed by atoms with Crippen molar-refractivity contribution in [3.63, 3.8) is 0 Å². The van der Waals surface area contributed by atoms with Gasteiger partial charge < -0.3 is 0 Å². The van der Waals surface area contributed by atoms with Crippen molar-refractivity contribution < 1.29 is 17.6 Å². The van der Waals surface area contributed by atoms with Crippen molar-refractivity contribution in [3.05, 3.63) is 51.7 Å². The van der Waals surface area contributed by atoms with Crippen LogP contribution in [0.2, 0.25) is 0 Å². The van der Waals surface area contributed by atoms with Crippen LogP contribution in [0.4, 0.5) is 17.6 Å². The molecule has 1 N–H and O–H groups in total. The molecule has 0 aliphatic heterocycles. The first-order chi connectivity index (χ1) is 11.2. The highest BCUT2D eigenvalue weighted by molar-refractivity contribution is 7.98. The van der Waals surface area contributed by atoms with Gasteiger partial charge in [0.25, 0.3) is 5.56 Å². The molecule has 3 aromatic rings. The number of hydrogen-bond donors (Lipinski definition) is 1. The van der Waals surface area contributed by atoms with Gasteiger partial charge in [-0.15, -0.1) is 11.8 Å². The number of benzene rings is 1. The molecule has 0 saturated carbocycles. The maximum Gasteiger partial charge on any atom is 0.419 e. The lowest BCUT2D eigenvalue weighted by Gasteiger charge is -2.08. The highest BCUT2D eigenvalue weighted by Crippen LogP contribution is 2.33. The first kappa shape index (κ1) is 16.6. The maximum atomic E-state index is 13.7. The van der Waals surface area contributed by atoms with Gasteiger partial charge in [0.1, 0.15) is 5.82 Å². The first-order valence-electron chi connectivity index (χ1n) is 6.76. The first-order valence-corrected chi connectivity index (χ1v) is 7.98. The van der Waals surface area contributed by atoms with Gasteiger partial charge in [0, 0.05) is 11.6 Å². The number of thioether (sulfide) groups is 1. The summed E-state index contributed by atoms with van der Waals surface area (Å²) in [5, 5.41) is 2.75. The normalized spacial score (nSPS) is 12.1. The molecule has 0 amide bonds. The quantitative estimate of drug-likeness (QED) is 0.559. The summed E-state index contributed by atoms with van der Waals surface area (Å²) in [7, 11) is 0.